The summed E-state index contributed by atoms with van der Waals surface area (Å²) in [5.74, 6) is 3.03. The maximum Gasteiger partial charge on any atom is 0.267 e. The van der Waals surface area contributed by atoms with Gasteiger partial charge in [0.1, 0.15) is 4.75 Å². The van der Waals surface area contributed by atoms with Crippen LogP contribution in [0, 0.1) is 17.8 Å². The first kappa shape index (κ1) is 15.2. The summed E-state index contributed by atoms with van der Waals surface area (Å²) in [5.41, 5.74) is 0.922. The highest BCUT2D eigenvalue weighted by atomic mass is 32.2. The number of fused-ring (bicyclic) bond motifs is 2. The molecular weight excluding hydrogens is 308 g/mol. The van der Waals surface area contributed by atoms with Gasteiger partial charge in [0.15, 0.2) is 0 Å². The number of methoxy groups -OCH3 is 1. The number of thioether (sulfide) groups is 1. The molecule has 2 aliphatic carbocycles. The molecule has 1 aliphatic heterocycles. The predicted octanol–water partition coefficient (Wildman–Crippen LogP) is 3.80. The second-order valence-corrected chi connectivity index (χ2v) is 8.66. The quantitative estimate of drug-likeness (QED) is 0.842. The monoisotopic (exact) mass is 330 g/mol. The molecule has 1 aromatic heterocycles. The fourth-order valence-electron chi connectivity index (χ4n) is 4.46. The second-order valence-electron chi connectivity index (χ2n) is 7.17. The van der Waals surface area contributed by atoms with Crippen LogP contribution in [0.25, 0.3) is 0 Å². The Kier molecular flexibility index (Phi) is 3.71. The van der Waals surface area contributed by atoms with Crippen molar-refractivity contribution in [1.82, 2.24) is 4.98 Å². The molecule has 1 aromatic rings. The highest BCUT2D eigenvalue weighted by molar-refractivity contribution is 8.15. The maximum absolute atomic E-state index is 12.6. The zero-order chi connectivity index (χ0) is 16.0. The van der Waals surface area contributed by atoms with E-state index in [1.54, 1.807) is 25.1 Å². The number of hydrogen-bond acceptors (Lipinski definition) is 4. The smallest absolute Gasteiger partial charge is 0.267 e. The summed E-state index contributed by atoms with van der Waals surface area (Å²) in [6, 6.07) is 3.74. The third-order valence-electron chi connectivity index (χ3n) is 5.77. The lowest BCUT2D eigenvalue weighted by Gasteiger charge is -2.23. The predicted molar refractivity (Wildman–Crippen MR) is 91.7 cm³/mol. The van der Waals surface area contributed by atoms with E-state index in [1.165, 1.54) is 25.7 Å². The first-order chi connectivity index (χ1) is 11.1. The molecule has 4 atom stereocenters. The van der Waals surface area contributed by atoms with Crippen LogP contribution in [0.4, 0.5) is 0 Å². The number of amides is 1. The molecule has 1 unspecified atom stereocenters. The van der Waals surface area contributed by atoms with Crippen molar-refractivity contribution >= 4 is 22.7 Å². The maximum atomic E-state index is 12.6. The van der Waals surface area contributed by atoms with E-state index in [1.807, 2.05) is 19.1 Å². The second kappa shape index (κ2) is 5.62. The van der Waals surface area contributed by atoms with E-state index in [2.05, 4.69) is 9.98 Å². The minimum atomic E-state index is -0.636. The lowest BCUT2D eigenvalue weighted by molar-refractivity contribution is -0.119. The minimum absolute atomic E-state index is 0.0473. The van der Waals surface area contributed by atoms with Crippen LogP contribution in [0.3, 0.4) is 0 Å². The highest BCUT2D eigenvalue weighted by Crippen LogP contribution is 2.52. The molecule has 4 nitrogen and oxygen atoms in total. The summed E-state index contributed by atoms with van der Waals surface area (Å²) in [5, 5.41) is 1.02. The van der Waals surface area contributed by atoms with E-state index in [-0.39, 0.29) is 5.91 Å². The molecular formula is C18H22N2O2S. The van der Waals surface area contributed by atoms with Crippen LogP contribution in [0.5, 0.6) is 5.88 Å². The number of rotatable bonds is 4. The van der Waals surface area contributed by atoms with Gasteiger partial charge in [0.25, 0.3) is 5.91 Å². The number of aliphatic imine (C=N–C) groups is 1. The summed E-state index contributed by atoms with van der Waals surface area (Å²) in [6.07, 6.45) is 8.19. The summed E-state index contributed by atoms with van der Waals surface area (Å²) in [7, 11) is 1.59. The van der Waals surface area contributed by atoms with E-state index < -0.39 is 4.75 Å². The molecule has 2 fully saturated rings. The Balaban J connectivity index is 1.51. The minimum Gasteiger partial charge on any atom is -0.481 e. The van der Waals surface area contributed by atoms with E-state index in [0.29, 0.717) is 5.88 Å². The summed E-state index contributed by atoms with van der Waals surface area (Å²) in [6.45, 7) is 1.96. The van der Waals surface area contributed by atoms with Crippen molar-refractivity contribution in [3.63, 3.8) is 0 Å². The first-order valence-electron chi connectivity index (χ1n) is 8.40. The van der Waals surface area contributed by atoms with Crippen LogP contribution in [0.15, 0.2) is 23.3 Å². The van der Waals surface area contributed by atoms with Gasteiger partial charge < -0.3 is 4.74 Å². The molecule has 0 aromatic carbocycles. The van der Waals surface area contributed by atoms with E-state index >= 15 is 0 Å². The Hall–Kier alpha value is -1.36. The number of carbonyl (C=O) groups is 1. The Morgan fingerprint density at radius 2 is 2.26 bits per heavy atom. The van der Waals surface area contributed by atoms with Crippen molar-refractivity contribution in [2.75, 3.05) is 7.11 Å². The molecule has 0 N–H and O–H groups in total. The van der Waals surface area contributed by atoms with Crippen LogP contribution in [-0.4, -0.2) is 23.0 Å². The number of nitrogens with zero attached hydrogens (tertiary/aromatic N) is 2. The summed E-state index contributed by atoms with van der Waals surface area (Å²) < 4.78 is 4.56. The van der Waals surface area contributed by atoms with Crippen molar-refractivity contribution in [2.45, 2.75) is 43.8 Å². The largest absolute Gasteiger partial charge is 0.481 e. The molecule has 23 heavy (non-hydrogen) atoms. The van der Waals surface area contributed by atoms with Gasteiger partial charge in [0.05, 0.1) is 12.2 Å². The highest BCUT2D eigenvalue weighted by Gasteiger charge is 2.45. The van der Waals surface area contributed by atoms with Gasteiger partial charge in [0, 0.05) is 12.3 Å². The fourth-order valence-corrected chi connectivity index (χ4v) is 5.74. The Bertz CT molecular complexity index is 675. The molecule has 0 spiro atoms. The van der Waals surface area contributed by atoms with Gasteiger partial charge in [-0.05, 0) is 62.0 Å². The van der Waals surface area contributed by atoms with Crippen LogP contribution in [0.2, 0.25) is 0 Å². The number of pyridine rings is 1. The molecule has 4 rings (SSSR count). The summed E-state index contributed by atoms with van der Waals surface area (Å²) in [4.78, 5) is 21.1. The molecule has 2 heterocycles. The topological polar surface area (TPSA) is 51.5 Å². The van der Waals surface area contributed by atoms with Crippen molar-refractivity contribution < 1.29 is 9.53 Å². The standard InChI is InChI=1S/C18H22N2O2S/c1-18(14-5-6-19-15(10-14)22-2)17(21)20-16(23-18)9-13-8-11-3-4-12(13)7-11/h5-6,10-13H,3-4,7-9H2,1-2H3/t11-,12+,13-,18?/m1/s1. The van der Waals surface area contributed by atoms with Gasteiger partial charge in [-0.1, -0.05) is 18.2 Å². The van der Waals surface area contributed by atoms with Crippen molar-refractivity contribution in [3.8, 4) is 5.88 Å². The van der Waals surface area contributed by atoms with E-state index in [9.17, 15) is 4.79 Å². The van der Waals surface area contributed by atoms with Gasteiger partial charge in [-0.2, -0.15) is 0 Å². The van der Waals surface area contributed by atoms with Gasteiger partial charge in [-0.15, -0.1) is 0 Å². The van der Waals surface area contributed by atoms with Crippen LogP contribution < -0.4 is 4.74 Å². The molecule has 3 aliphatic rings. The Labute approximate surface area is 141 Å². The molecule has 2 bridgehead atoms. The van der Waals surface area contributed by atoms with Crippen LogP contribution in [0.1, 0.15) is 44.6 Å². The van der Waals surface area contributed by atoms with E-state index in [0.717, 1.165) is 34.8 Å². The van der Waals surface area contributed by atoms with Crippen molar-refractivity contribution in [1.29, 1.82) is 0 Å². The molecule has 0 saturated heterocycles. The molecule has 2 saturated carbocycles. The molecule has 122 valence electrons. The van der Waals surface area contributed by atoms with Gasteiger partial charge in [-0.25, -0.2) is 9.98 Å². The van der Waals surface area contributed by atoms with E-state index in [4.69, 9.17) is 4.74 Å². The fraction of sp³-hybridized carbons (Fsp3) is 0.611. The normalized spacial score (nSPS) is 35.7. The lowest BCUT2D eigenvalue weighted by Crippen LogP contribution is -2.24. The third-order valence-corrected chi connectivity index (χ3v) is 7.08. The Morgan fingerprint density at radius 1 is 1.39 bits per heavy atom. The number of aromatic nitrogens is 1. The molecule has 5 heteroatoms. The average molecular weight is 330 g/mol. The summed E-state index contributed by atoms with van der Waals surface area (Å²) >= 11 is 1.62. The van der Waals surface area contributed by atoms with Crippen molar-refractivity contribution in [2.24, 2.45) is 22.7 Å². The zero-order valence-electron chi connectivity index (χ0n) is 13.6. The van der Waals surface area contributed by atoms with Crippen LogP contribution >= 0.6 is 11.8 Å². The Morgan fingerprint density at radius 3 is 2.96 bits per heavy atom. The van der Waals surface area contributed by atoms with Gasteiger partial charge >= 0.3 is 0 Å². The van der Waals surface area contributed by atoms with Gasteiger partial charge in [-0.3, -0.25) is 4.79 Å². The number of carbonyl (C=O) groups excluding carboxylic acids is 1. The number of ether oxygens (including phenoxy) is 1. The van der Waals surface area contributed by atoms with Crippen molar-refractivity contribution in [3.05, 3.63) is 23.9 Å². The average Bonchev–Trinajstić information content (AvgIpc) is 3.24. The SMILES string of the molecule is COc1cc(C2(C)SC(C[C@H]3C[C@@H]4CC[C@H]3C4)=NC2=O)ccn1. The third kappa shape index (κ3) is 2.59. The van der Waals surface area contributed by atoms with Crippen LogP contribution in [-0.2, 0) is 9.54 Å². The lowest BCUT2D eigenvalue weighted by atomic mass is 9.87. The molecule has 1 amide bonds. The first-order valence-corrected chi connectivity index (χ1v) is 9.21. The zero-order valence-corrected chi connectivity index (χ0v) is 14.4. The van der Waals surface area contributed by atoms with Gasteiger partial charge in [0.2, 0.25) is 5.88 Å². The number of hydrogen-bond donors (Lipinski definition) is 0. The molecule has 0 radical (unpaired) electrons.